The number of ketones is 1. The molecule has 0 N–H and O–H groups in total. The van der Waals surface area contributed by atoms with Crippen LogP contribution in [0, 0.1) is 0 Å². The summed E-state index contributed by atoms with van der Waals surface area (Å²) in [6, 6.07) is 12.8. The second kappa shape index (κ2) is 9.99. The molecule has 1 aromatic carbocycles. The Hall–Kier alpha value is -1.98. The Balaban J connectivity index is 1.46. The van der Waals surface area contributed by atoms with Crippen molar-refractivity contribution in [3.63, 3.8) is 0 Å². The molecule has 1 aromatic heterocycles. The highest BCUT2D eigenvalue weighted by atomic mass is 32.1. The lowest BCUT2D eigenvalue weighted by Gasteiger charge is -2.37. The van der Waals surface area contributed by atoms with Gasteiger partial charge in [0.25, 0.3) is 0 Å². The predicted molar refractivity (Wildman–Crippen MR) is 115 cm³/mol. The molecule has 3 rings (SSSR count). The summed E-state index contributed by atoms with van der Waals surface area (Å²) in [5.74, 6) is 0.208. The number of amides is 1. The van der Waals surface area contributed by atoms with Crippen molar-refractivity contribution in [1.29, 1.82) is 0 Å². The zero-order valence-corrected chi connectivity index (χ0v) is 17.7. The molecule has 28 heavy (non-hydrogen) atoms. The Morgan fingerprint density at radius 3 is 2.71 bits per heavy atom. The molecule has 0 radical (unpaired) electrons. The monoisotopic (exact) mass is 398 g/mol. The number of thiophene rings is 1. The maximum absolute atomic E-state index is 12.7. The lowest BCUT2D eigenvalue weighted by atomic mass is 10.0. The van der Waals surface area contributed by atoms with Gasteiger partial charge >= 0.3 is 0 Å². The van der Waals surface area contributed by atoms with Gasteiger partial charge in [-0.25, -0.2) is 0 Å². The number of nitrogens with zero attached hydrogens (tertiary/aromatic N) is 2. The Morgan fingerprint density at radius 2 is 2.00 bits per heavy atom. The van der Waals surface area contributed by atoms with Gasteiger partial charge in [-0.3, -0.25) is 9.59 Å². The van der Waals surface area contributed by atoms with Gasteiger partial charge in [-0.1, -0.05) is 30.3 Å². The van der Waals surface area contributed by atoms with Crippen molar-refractivity contribution in [2.45, 2.75) is 45.1 Å². The fraction of sp³-hybridized carbons (Fsp3) is 0.478. The molecule has 1 aliphatic heterocycles. The zero-order valence-electron chi connectivity index (χ0n) is 16.9. The first-order chi connectivity index (χ1) is 13.5. The minimum atomic E-state index is 0.0653. The van der Waals surface area contributed by atoms with E-state index in [-0.39, 0.29) is 17.7 Å². The van der Waals surface area contributed by atoms with Crippen LogP contribution in [0.2, 0.25) is 0 Å². The molecule has 150 valence electrons. The van der Waals surface area contributed by atoms with E-state index < -0.39 is 0 Å². The van der Waals surface area contributed by atoms with Crippen LogP contribution in [0.5, 0.6) is 0 Å². The highest BCUT2D eigenvalue weighted by Crippen LogP contribution is 2.19. The molecule has 0 saturated carbocycles. The van der Waals surface area contributed by atoms with Crippen molar-refractivity contribution < 1.29 is 9.59 Å². The molecule has 0 unspecified atom stereocenters. The van der Waals surface area contributed by atoms with Crippen LogP contribution in [0.15, 0.2) is 41.8 Å². The normalized spacial score (nSPS) is 17.4. The summed E-state index contributed by atoms with van der Waals surface area (Å²) in [7, 11) is 1.93. The molecule has 2 heterocycles. The van der Waals surface area contributed by atoms with Crippen molar-refractivity contribution in [2.24, 2.45) is 0 Å². The maximum atomic E-state index is 12.7. The van der Waals surface area contributed by atoms with Crippen molar-refractivity contribution in [2.75, 3.05) is 26.7 Å². The number of Topliss-reactive ketones (excluding diaryl/α,β-unsaturated/α-hetero) is 1. The number of piperidine rings is 1. The number of carbonyl (C=O) groups excluding carboxylic acids is 2. The fourth-order valence-electron chi connectivity index (χ4n) is 3.86. The van der Waals surface area contributed by atoms with Gasteiger partial charge in [0.1, 0.15) is 0 Å². The van der Waals surface area contributed by atoms with Crippen LogP contribution in [-0.2, 0) is 17.6 Å². The predicted octanol–water partition coefficient (Wildman–Crippen LogP) is 4.05. The lowest BCUT2D eigenvalue weighted by Crippen LogP contribution is -2.49. The molecular weight excluding hydrogens is 368 g/mol. The summed E-state index contributed by atoms with van der Waals surface area (Å²) in [6.07, 6.45) is 4.84. The van der Waals surface area contributed by atoms with E-state index in [0.717, 1.165) is 55.8 Å². The minimum absolute atomic E-state index is 0.0653. The van der Waals surface area contributed by atoms with E-state index >= 15 is 0 Å². The van der Waals surface area contributed by atoms with E-state index in [1.807, 2.05) is 23.4 Å². The third kappa shape index (κ3) is 5.76. The van der Waals surface area contributed by atoms with Gasteiger partial charge in [0.05, 0.1) is 11.3 Å². The Morgan fingerprint density at radius 1 is 1.21 bits per heavy atom. The van der Waals surface area contributed by atoms with Crippen LogP contribution < -0.4 is 0 Å². The van der Waals surface area contributed by atoms with Gasteiger partial charge in [0, 0.05) is 19.6 Å². The van der Waals surface area contributed by atoms with Crippen LogP contribution in [0.4, 0.5) is 0 Å². The van der Waals surface area contributed by atoms with E-state index in [4.69, 9.17) is 0 Å². The second-order valence-corrected chi connectivity index (χ2v) is 8.65. The number of likely N-dealkylation sites (N-methyl/N-ethyl adjacent to an activating group) is 1. The highest BCUT2D eigenvalue weighted by molar-refractivity contribution is 7.12. The van der Waals surface area contributed by atoms with E-state index in [1.54, 1.807) is 6.92 Å². The van der Waals surface area contributed by atoms with Crippen molar-refractivity contribution in [3.05, 3.63) is 57.8 Å². The summed E-state index contributed by atoms with van der Waals surface area (Å²) in [5, 5.41) is 1.93. The molecule has 0 spiro atoms. The molecule has 1 fully saturated rings. The number of likely N-dealkylation sites (tertiary alicyclic amines) is 1. The molecule has 1 saturated heterocycles. The summed E-state index contributed by atoms with van der Waals surface area (Å²) in [4.78, 5) is 29.3. The molecule has 5 heteroatoms. The second-order valence-electron chi connectivity index (χ2n) is 7.74. The molecule has 1 aliphatic rings. The molecule has 1 atom stereocenters. The Kier molecular flexibility index (Phi) is 7.40. The Labute approximate surface area is 172 Å². The summed E-state index contributed by atoms with van der Waals surface area (Å²) in [5.41, 5.74) is 2.34. The average molecular weight is 399 g/mol. The standard InChI is InChI=1S/C23H30N2O2S/c1-18(26)22-14-20(17-28-22)15-23(27)24(2)21-11-7-13-25(16-21)12-6-10-19-8-4-3-5-9-19/h3-5,8-9,14,17,21H,6-7,10-13,15-16H2,1-2H3/t21-/m1/s1. The van der Waals surface area contributed by atoms with Gasteiger partial charge < -0.3 is 9.80 Å². The molecule has 2 aromatic rings. The summed E-state index contributed by atoms with van der Waals surface area (Å²) >= 11 is 1.43. The minimum Gasteiger partial charge on any atom is -0.341 e. The van der Waals surface area contributed by atoms with Crippen molar-refractivity contribution >= 4 is 23.0 Å². The fourth-order valence-corrected chi connectivity index (χ4v) is 4.67. The maximum Gasteiger partial charge on any atom is 0.227 e. The zero-order chi connectivity index (χ0) is 19.9. The third-order valence-corrected chi connectivity index (χ3v) is 6.64. The van der Waals surface area contributed by atoms with Crippen LogP contribution in [0.3, 0.4) is 0 Å². The number of rotatable bonds is 8. The molecule has 0 aliphatic carbocycles. The van der Waals surface area contributed by atoms with E-state index in [1.165, 1.54) is 16.9 Å². The number of hydrogen-bond donors (Lipinski definition) is 0. The van der Waals surface area contributed by atoms with E-state index in [9.17, 15) is 9.59 Å². The lowest BCUT2D eigenvalue weighted by molar-refractivity contribution is -0.132. The number of carbonyl (C=O) groups is 2. The largest absolute Gasteiger partial charge is 0.341 e. The van der Waals surface area contributed by atoms with E-state index in [2.05, 4.69) is 35.2 Å². The SMILES string of the molecule is CC(=O)c1cc(CC(=O)N(C)[C@@H]2CCCN(CCCc3ccccc3)C2)cs1. The first kappa shape index (κ1) is 20.7. The van der Waals surface area contributed by atoms with Crippen LogP contribution in [0.25, 0.3) is 0 Å². The van der Waals surface area contributed by atoms with Gasteiger partial charge in [-0.2, -0.15) is 0 Å². The van der Waals surface area contributed by atoms with E-state index in [0.29, 0.717) is 6.42 Å². The van der Waals surface area contributed by atoms with Gasteiger partial charge in [-0.15, -0.1) is 11.3 Å². The molecule has 0 bridgehead atoms. The smallest absolute Gasteiger partial charge is 0.227 e. The number of hydrogen-bond acceptors (Lipinski definition) is 4. The van der Waals surface area contributed by atoms with Crippen molar-refractivity contribution in [1.82, 2.24) is 9.80 Å². The first-order valence-electron chi connectivity index (χ1n) is 10.1. The number of aryl methyl sites for hydroxylation is 1. The molecular formula is C23H30N2O2S. The van der Waals surface area contributed by atoms with Gasteiger partial charge in [-0.05, 0) is 68.3 Å². The molecule has 4 nitrogen and oxygen atoms in total. The van der Waals surface area contributed by atoms with Crippen molar-refractivity contribution in [3.8, 4) is 0 Å². The topological polar surface area (TPSA) is 40.6 Å². The number of benzene rings is 1. The average Bonchev–Trinajstić information content (AvgIpc) is 3.17. The summed E-state index contributed by atoms with van der Waals surface area (Å²) in [6.45, 7) is 4.73. The van der Waals surface area contributed by atoms with Gasteiger partial charge in [0.2, 0.25) is 5.91 Å². The van der Waals surface area contributed by atoms with Gasteiger partial charge in [0.15, 0.2) is 5.78 Å². The first-order valence-corrected chi connectivity index (χ1v) is 11.0. The third-order valence-electron chi connectivity index (χ3n) is 5.56. The van der Waals surface area contributed by atoms with Crippen LogP contribution in [0.1, 0.15) is 47.0 Å². The highest BCUT2D eigenvalue weighted by Gasteiger charge is 2.26. The molecule has 1 amide bonds. The van der Waals surface area contributed by atoms with Crippen LogP contribution in [-0.4, -0.2) is 54.2 Å². The quantitative estimate of drug-likeness (QED) is 0.630. The Bertz CT molecular complexity index is 787. The summed E-state index contributed by atoms with van der Waals surface area (Å²) < 4.78 is 0. The van der Waals surface area contributed by atoms with Crippen LogP contribution >= 0.6 is 11.3 Å².